The summed E-state index contributed by atoms with van der Waals surface area (Å²) < 4.78 is 9.90. The lowest BCUT2D eigenvalue weighted by Crippen LogP contribution is -2.04. The SMILES string of the molecule is Cc1ccc2nc(-c3ccccc3)c(CSc3nnc(-c4cccnc4)n3Cc3ccco3)n2c1. The molecule has 8 heteroatoms. The number of furan rings is 1. The molecule has 0 unspecified atom stereocenters. The standard InChI is InChI=1S/C27H22N6OS/c1-19-11-12-24-29-25(20-7-3-2-4-8-20)23(32(24)16-19)18-35-27-31-30-26(21-9-5-13-28-15-21)33(27)17-22-10-6-14-34-22/h2-16H,17-18H2,1H3. The third-order valence-corrected chi connectivity index (χ3v) is 6.76. The highest BCUT2D eigenvalue weighted by atomic mass is 32.2. The summed E-state index contributed by atoms with van der Waals surface area (Å²) in [5.41, 5.74) is 6.22. The van der Waals surface area contributed by atoms with Gasteiger partial charge >= 0.3 is 0 Å². The second-order valence-corrected chi connectivity index (χ2v) is 9.15. The zero-order valence-electron chi connectivity index (χ0n) is 19.1. The lowest BCUT2D eigenvalue weighted by Gasteiger charge is -2.10. The molecule has 0 N–H and O–H groups in total. The summed E-state index contributed by atoms with van der Waals surface area (Å²) in [4.78, 5) is 9.22. The molecule has 5 aromatic heterocycles. The second kappa shape index (κ2) is 9.23. The van der Waals surface area contributed by atoms with Gasteiger partial charge in [-0.25, -0.2) is 4.98 Å². The van der Waals surface area contributed by atoms with Crippen LogP contribution in [0.1, 0.15) is 17.0 Å². The Balaban J connectivity index is 1.40. The van der Waals surface area contributed by atoms with Crippen LogP contribution < -0.4 is 0 Å². The average Bonchev–Trinajstić information content (AvgIpc) is 3.63. The van der Waals surface area contributed by atoms with Gasteiger partial charge in [-0.15, -0.1) is 10.2 Å². The van der Waals surface area contributed by atoms with E-state index in [0.29, 0.717) is 12.3 Å². The van der Waals surface area contributed by atoms with E-state index in [4.69, 9.17) is 9.40 Å². The van der Waals surface area contributed by atoms with E-state index in [1.54, 1.807) is 30.4 Å². The van der Waals surface area contributed by atoms with Crippen molar-refractivity contribution in [2.75, 3.05) is 0 Å². The lowest BCUT2D eigenvalue weighted by atomic mass is 10.1. The van der Waals surface area contributed by atoms with E-state index in [0.717, 1.165) is 44.9 Å². The van der Waals surface area contributed by atoms with Crippen LogP contribution in [0.25, 0.3) is 28.3 Å². The molecule has 0 atom stereocenters. The van der Waals surface area contributed by atoms with E-state index < -0.39 is 0 Å². The molecule has 7 nitrogen and oxygen atoms in total. The molecule has 0 bridgehead atoms. The Kier molecular flexibility index (Phi) is 5.64. The van der Waals surface area contributed by atoms with Gasteiger partial charge in [-0.05, 0) is 42.8 Å². The van der Waals surface area contributed by atoms with E-state index in [1.165, 1.54) is 5.56 Å². The fourth-order valence-corrected chi connectivity index (χ4v) is 5.05. The highest BCUT2D eigenvalue weighted by Gasteiger charge is 2.19. The van der Waals surface area contributed by atoms with Crippen molar-refractivity contribution in [1.82, 2.24) is 29.1 Å². The van der Waals surface area contributed by atoms with Crippen molar-refractivity contribution in [3.8, 4) is 22.6 Å². The largest absolute Gasteiger partial charge is 0.467 e. The number of hydrogen-bond acceptors (Lipinski definition) is 6. The third kappa shape index (κ3) is 4.24. The number of aromatic nitrogens is 6. The summed E-state index contributed by atoms with van der Waals surface area (Å²) in [7, 11) is 0. The zero-order chi connectivity index (χ0) is 23.6. The topological polar surface area (TPSA) is 74.0 Å². The van der Waals surface area contributed by atoms with Gasteiger partial charge in [0.2, 0.25) is 0 Å². The van der Waals surface area contributed by atoms with Gasteiger partial charge in [0.1, 0.15) is 11.4 Å². The molecule has 0 saturated heterocycles. The van der Waals surface area contributed by atoms with Crippen LogP contribution in [0, 0.1) is 6.92 Å². The Morgan fingerprint density at radius 1 is 0.914 bits per heavy atom. The number of fused-ring (bicyclic) bond motifs is 1. The molecular weight excluding hydrogens is 456 g/mol. The molecule has 172 valence electrons. The van der Waals surface area contributed by atoms with Gasteiger partial charge in [0, 0.05) is 35.5 Å². The minimum absolute atomic E-state index is 0.532. The predicted octanol–water partition coefficient (Wildman–Crippen LogP) is 5.90. The van der Waals surface area contributed by atoms with E-state index in [2.05, 4.69) is 61.5 Å². The molecule has 6 rings (SSSR count). The first kappa shape index (κ1) is 21.4. The van der Waals surface area contributed by atoms with E-state index in [-0.39, 0.29) is 0 Å². The molecule has 6 aromatic rings. The Morgan fingerprint density at radius 2 is 1.80 bits per heavy atom. The highest BCUT2D eigenvalue weighted by molar-refractivity contribution is 7.98. The van der Waals surface area contributed by atoms with Crippen LogP contribution in [0.3, 0.4) is 0 Å². The quantitative estimate of drug-likeness (QED) is 0.266. The van der Waals surface area contributed by atoms with E-state index in [9.17, 15) is 0 Å². The van der Waals surface area contributed by atoms with Crippen molar-refractivity contribution in [3.05, 3.63) is 109 Å². The van der Waals surface area contributed by atoms with Gasteiger partial charge in [-0.3, -0.25) is 9.55 Å². The van der Waals surface area contributed by atoms with Gasteiger partial charge in [0.25, 0.3) is 0 Å². The van der Waals surface area contributed by atoms with Crippen molar-refractivity contribution >= 4 is 17.4 Å². The summed E-state index contributed by atoms with van der Waals surface area (Å²) >= 11 is 1.64. The Labute approximate surface area is 206 Å². The summed E-state index contributed by atoms with van der Waals surface area (Å²) in [6.07, 6.45) is 7.38. The normalized spacial score (nSPS) is 11.3. The van der Waals surface area contributed by atoms with Gasteiger partial charge in [0.15, 0.2) is 11.0 Å². The molecule has 0 amide bonds. The van der Waals surface area contributed by atoms with Crippen LogP contribution in [0.15, 0.2) is 101 Å². The molecule has 5 heterocycles. The van der Waals surface area contributed by atoms with Gasteiger partial charge in [0.05, 0.1) is 24.2 Å². The van der Waals surface area contributed by atoms with Crippen LogP contribution in [0.2, 0.25) is 0 Å². The molecule has 1 aromatic carbocycles. The first-order valence-corrected chi connectivity index (χ1v) is 12.3. The summed E-state index contributed by atoms with van der Waals surface area (Å²) in [6.45, 7) is 2.63. The van der Waals surface area contributed by atoms with Crippen LogP contribution in [-0.2, 0) is 12.3 Å². The minimum Gasteiger partial charge on any atom is -0.467 e. The highest BCUT2D eigenvalue weighted by Crippen LogP contribution is 2.32. The van der Waals surface area contributed by atoms with E-state index in [1.807, 2.05) is 42.5 Å². The molecule has 0 fully saturated rings. The summed E-state index contributed by atoms with van der Waals surface area (Å²) in [6, 6.07) is 22.2. The van der Waals surface area contributed by atoms with Gasteiger partial charge < -0.3 is 8.82 Å². The lowest BCUT2D eigenvalue weighted by molar-refractivity contribution is 0.485. The number of benzene rings is 1. The fraction of sp³-hybridized carbons (Fsp3) is 0.111. The van der Waals surface area contributed by atoms with Crippen molar-refractivity contribution in [2.24, 2.45) is 0 Å². The van der Waals surface area contributed by atoms with Crippen LogP contribution >= 0.6 is 11.8 Å². The van der Waals surface area contributed by atoms with Crippen molar-refractivity contribution in [2.45, 2.75) is 24.4 Å². The number of pyridine rings is 2. The van der Waals surface area contributed by atoms with Crippen LogP contribution in [-0.4, -0.2) is 29.1 Å². The maximum atomic E-state index is 5.64. The maximum absolute atomic E-state index is 5.64. The zero-order valence-corrected chi connectivity index (χ0v) is 19.9. The Morgan fingerprint density at radius 3 is 2.60 bits per heavy atom. The Hall–Kier alpha value is -4.17. The number of thioether (sulfide) groups is 1. The second-order valence-electron chi connectivity index (χ2n) is 8.21. The molecule has 0 spiro atoms. The average molecular weight is 479 g/mol. The third-order valence-electron chi connectivity index (χ3n) is 5.78. The van der Waals surface area contributed by atoms with Crippen LogP contribution in [0.5, 0.6) is 0 Å². The van der Waals surface area contributed by atoms with Crippen LogP contribution in [0.4, 0.5) is 0 Å². The number of nitrogens with zero attached hydrogens (tertiary/aromatic N) is 6. The molecule has 0 saturated carbocycles. The Bertz CT molecular complexity index is 1570. The number of rotatable bonds is 7. The molecule has 0 aliphatic heterocycles. The number of aryl methyl sites for hydroxylation is 1. The molecular formula is C27H22N6OS. The number of hydrogen-bond donors (Lipinski definition) is 0. The minimum atomic E-state index is 0.532. The van der Waals surface area contributed by atoms with Crippen molar-refractivity contribution < 1.29 is 4.42 Å². The van der Waals surface area contributed by atoms with E-state index >= 15 is 0 Å². The smallest absolute Gasteiger partial charge is 0.192 e. The van der Waals surface area contributed by atoms with Crippen molar-refractivity contribution in [1.29, 1.82) is 0 Å². The molecule has 35 heavy (non-hydrogen) atoms. The van der Waals surface area contributed by atoms with Gasteiger partial charge in [-0.1, -0.05) is 48.2 Å². The molecule has 0 aliphatic carbocycles. The summed E-state index contributed by atoms with van der Waals surface area (Å²) in [5.74, 6) is 2.28. The monoisotopic (exact) mass is 478 g/mol. The molecule has 0 radical (unpaired) electrons. The number of imidazole rings is 1. The fourth-order valence-electron chi connectivity index (χ4n) is 4.10. The first-order chi connectivity index (χ1) is 17.3. The van der Waals surface area contributed by atoms with Crippen molar-refractivity contribution in [3.63, 3.8) is 0 Å². The first-order valence-electron chi connectivity index (χ1n) is 11.3. The molecule has 0 aliphatic rings. The summed E-state index contributed by atoms with van der Waals surface area (Å²) in [5, 5.41) is 9.87. The van der Waals surface area contributed by atoms with Gasteiger partial charge in [-0.2, -0.15) is 0 Å². The maximum Gasteiger partial charge on any atom is 0.192 e. The predicted molar refractivity (Wildman–Crippen MR) is 136 cm³/mol.